The van der Waals surface area contributed by atoms with E-state index in [-0.39, 0.29) is 17.2 Å². The highest BCUT2D eigenvalue weighted by Crippen LogP contribution is 2.34. The number of halogens is 1. The van der Waals surface area contributed by atoms with Gasteiger partial charge in [0.25, 0.3) is 10.0 Å². The molecule has 1 amide bonds. The molecule has 0 unspecified atom stereocenters. The van der Waals surface area contributed by atoms with Crippen LogP contribution in [0.1, 0.15) is 17.5 Å². The molecule has 0 saturated carbocycles. The van der Waals surface area contributed by atoms with Gasteiger partial charge in [-0.15, -0.1) is 0 Å². The second-order valence-corrected chi connectivity index (χ2v) is 9.42. The number of benzene rings is 3. The Bertz CT molecular complexity index is 1180. The normalized spacial score (nSPS) is 13.6. The quantitative estimate of drug-likeness (QED) is 0.627. The van der Waals surface area contributed by atoms with Crippen molar-refractivity contribution in [1.29, 1.82) is 0 Å². The van der Waals surface area contributed by atoms with Crippen LogP contribution in [0.25, 0.3) is 0 Å². The molecule has 0 saturated heterocycles. The molecule has 0 fully saturated rings. The summed E-state index contributed by atoms with van der Waals surface area (Å²) in [7, 11) is -3.67. The molecule has 3 aromatic rings. The van der Waals surface area contributed by atoms with Crippen molar-refractivity contribution < 1.29 is 13.2 Å². The third-order valence-electron chi connectivity index (χ3n) is 5.09. The number of rotatable bonds is 5. The summed E-state index contributed by atoms with van der Waals surface area (Å²) in [5.41, 5.74) is 2.86. The predicted molar refractivity (Wildman–Crippen MR) is 120 cm³/mol. The summed E-state index contributed by atoms with van der Waals surface area (Å²) in [6.45, 7) is 0.404. The van der Waals surface area contributed by atoms with Crippen molar-refractivity contribution in [1.82, 2.24) is 0 Å². The van der Waals surface area contributed by atoms with Crippen LogP contribution < -0.4 is 9.62 Å². The minimum atomic E-state index is -3.67. The Hall–Kier alpha value is -2.83. The van der Waals surface area contributed by atoms with Crippen molar-refractivity contribution in [3.8, 4) is 0 Å². The molecule has 30 heavy (non-hydrogen) atoms. The SMILES string of the molecule is O=C(Cc1ccccc1Cl)Nc1ccc2c(c1)N(S(=O)(=O)c1ccccc1)CCC2. The maximum absolute atomic E-state index is 13.2. The molecular weight excluding hydrogens is 420 g/mol. The fourth-order valence-electron chi connectivity index (χ4n) is 3.61. The van der Waals surface area contributed by atoms with Gasteiger partial charge >= 0.3 is 0 Å². The molecule has 154 valence electrons. The van der Waals surface area contributed by atoms with Crippen molar-refractivity contribution in [3.63, 3.8) is 0 Å². The van der Waals surface area contributed by atoms with E-state index in [1.165, 1.54) is 4.31 Å². The van der Waals surface area contributed by atoms with Crippen LogP contribution >= 0.6 is 11.6 Å². The first-order valence-electron chi connectivity index (χ1n) is 9.69. The Morgan fingerprint density at radius 3 is 2.50 bits per heavy atom. The van der Waals surface area contributed by atoms with E-state index in [9.17, 15) is 13.2 Å². The third kappa shape index (κ3) is 4.20. The lowest BCUT2D eigenvalue weighted by atomic mass is 10.0. The molecule has 1 heterocycles. The van der Waals surface area contributed by atoms with Gasteiger partial charge in [0, 0.05) is 17.3 Å². The number of aryl methyl sites for hydroxylation is 1. The highest BCUT2D eigenvalue weighted by Gasteiger charge is 2.29. The van der Waals surface area contributed by atoms with Gasteiger partial charge in [-0.25, -0.2) is 8.42 Å². The second kappa shape index (κ2) is 8.50. The molecule has 0 radical (unpaired) electrons. The number of fused-ring (bicyclic) bond motifs is 1. The van der Waals surface area contributed by atoms with Gasteiger partial charge in [-0.1, -0.05) is 54.1 Å². The average molecular weight is 441 g/mol. The second-order valence-electron chi connectivity index (χ2n) is 7.15. The van der Waals surface area contributed by atoms with Crippen LogP contribution in [-0.2, 0) is 27.7 Å². The molecule has 5 nitrogen and oxygen atoms in total. The Morgan fingerprint density at radius 2 is 1.73 bits per heavy atom. The van der Waals surface area contributed by atoms with Crippen molar-refractivity contribution >= 4 is 38.9 Å². The van der Waals surface area contributed by atoms with Gasteiger partial charge in [0.15, 0.2) is 0 Å². The minimum Gasteiger partial charge on any atom is -0.326 e. The molecule has 0 bridgehead atoms. The van der Waals surface area contributed by atoms with Crippen LogP contribution in [-0.4, -0.2) is 20.9 Å². The molecule has 0 spiro atoms. The van der Waals surface area contributed by atoms with Crippen molar-refractivity contribution in [3.05, 3.63) is 88.9 Å². The number of anilines is 2. The monoisotopic (exact) mass is 440 g/mol. The molecule has 3 aromatic carbocycles. The molecule has 0 aromatic heterocycles. The predicted octanol–water partition coefficient (Wildman–Crippen LogP) is 4.66. The van der Waals surface area contributed by atoms with Crippen LogP contribution in [0, 0.1) is 0 Å². The summed E-state index contributed by atoms with van der Waals surface area (Å²) >= 11 is 6.14. The number of sulfonamides is 1. The summed E-state index contributed by atoms with van der Waals surface area (Å²) in [6, 6.07) is 21.0. The summed E-state index contributed by atoms with van der Waals surface area (Å²) in [5, 5.41) is 3.40. The molecule has 1 aliphatic rings. The van der Waals surface area contributed by atoms with E-state index >= 15 is 0 Å². The van der Waals surface area contributed by atoms with E-state index in [0.29, 0.717) is 22.9 Å². The molecule has 0 aliphatic carbocycles. The molecule has 4 rings (SSSR count). The van der Waals surface area contributed by atoms with Crippen LogP contribution in [0.4, 0.5) is 11.4 Å². The molecular formula is C23H21ClN2O3S. The van der Waals surface area contributed by atoms with Gasteiger partial charge in [-0.05, 0) is 54.3 Å². The first-order valence-corrected chi connectivity index (χ1v) is 11.5. The van der Waals surface area contributed by atoms with Crippen molar-refractivity contribution in [2.45, 2.75) is 24.2 Å². The van der Waals surface area contributed by atoms with Gasteiger partial charge in [-0.2, -0.15) is 0 Å². The fourth-order valence-corrected chi connectivity index (χ4v) is 5.36. The zero-order valence-electron chi connectivity index (χ0n) is 16.2. The summed E-state index contributed by atoms with van der Waals surface area (Å²) in [5.74, 6) is -0.212. The Balaban J connectivity index is 1.60. The fraction of sp³-hybridized carbons (Fsp3) is 0.174. The minimum absolute atomic E-state index is 0.142. The van der Waals surface area contributed by atoms with E-state index < -0.39 is 10.0 Å². The number of hydrogen-bond donors (Lipinski definition) is 1. The lowest BCUT2D eigenvalue weighted by molar-refractivity contribution is -0.115. The largest absolute Gasteiger partial charge is 0.326 e. The number of amides is 1. The lowest BCUT2D eigenvalue weighted by Gasteiger charge is -2.31. The van der Waals surface area contributed by atoms with Gasteiger partial charge < -0.3 is 5.32 Å². The summed E-state index contributed by atoms with van der Waals surface area (Å²) in [4.78, 5) is 12.8. The number of carbonyl (C=O) groups excluding carboxylic acids is 1. The highest BCUT2D eigenvalue weighted by atomic mass is 35.5. The van der Waals surface area contributed by atoms with Crippen LogP contribution in [0.5, 0.6) is 0 Å². The maximum atomic E-state index is 13.2. The molecule has 0 atom stereocenters. The number of nitrogens with one attached hydrogen (secondary N) is 1. The van der Waals surface area contributed by atoms with E-state index in [0.717, 1.165) is 24.0 Å². The molecule has 1 N–H and O–H groups in total. The third-order valence-corrected chi connectivity index (χ3v) is 7.28. The zero-order valence-corrected chi connectivity index (χ0v) is 17.8. The average Bonchev–Trinajstić information content (AvgIpc) is 2.75. The lowest BCUT2D eigenvalue weighted by Crippen LogP contribution is -2.35. The van der Waals surface area contributed by atoms with Crippen molar-refractivity contribution in [2.75, 3.05) is 16.2 Å². The first kappa shape index (κ1) is 20.4. The maximum Gasteiger partial charge on any atom is 0.264 e. The van der Waals surface area contributed by atoms with Gasteiger partial charge in [0.1, 0.15) is 0 Å². The summed E-state index contributed by atoms with van der Waals surface area (Å²) in [6.07, 6.45) is 1.68. The van der Waals surface area contributed by atoms with Crippen molar-refractivity contribution in [2.24, 2.45) is 0 Å². The van der Waals surface area contributed by atoms with E-state index in [4.69, 9.17) is 11.6 Å². The number of carbonyl (C=O) groups is 1. The van der Waals surface area contributed by atoms with E-state index in [1.54, 1.807) is 42.5 Å². The standard InChI is InChI=1S/C23H21ClN2O3S/c24-21-11-5-4-7-18(21)15-23(27)25-19-13-12-17-8-6-14-26(22(17)16-19)30(28,29)20-9-2-1-3-10-20/h1-5,7,9-13,16H,6,8,14-15H2,(H,25,27). The van der Waals surface area contributed by atoms with Gasteiger partial charge in [0.2, 0.25) is 5.91 Å². The molecule has 7 heteroatoms. The zero-order chi connectivity index (χ0) is 21.1. The highest BCUT2D eigenvalue weighted by molar-refractivity contribution is 7.92. The van der Waals surface area contributed by atoms with Gasteiger partial charge in [0.05, 0.1) is 17.0 Å². The molecule has 1 aliphatic heterocycles. The Morgan fingerprint density at radius 1 is 1.00 bits per heavy atom. The van der Waals surface area contributed by atoms with Gasteiger partial charge in [-0.3, -0.25) is 9.10 Å². The first-order chi connectivity index (χ1) is 14.4. The van der Waals surface area contributed by atoms with Crippen LogP contribution in [0.2, 0.25) is 5.02 Å². The van der Waals surface area contributed by atoms with Crippen LogP contribution in [0.15, 0.2) is 77.7 Å². The Kier molecular flexibility index (Phi) is 5.79. The van der Waals surface area contributed by atoms with E-state index in [1.807, 2.05) is 30.3 Å². The Labute approximate surface area is 181 Å². The topological polar surface area (TPSA) is 66.5 Å². The van der Waals surface area contributed by atoms with E-state index in [2.05, 4.69) is 5.32 Å². The number of hydrogen-bond acceptors (Lipinski definition) is 3. The summed E-state index contributed by atoms with van der Waals surface area (Å²) < 4.78 is 27.8. The van der Waals surface area contributed by atoms with Crippen LogP contribution in [0.3, 0.4) is 0 Å². The smallest absolute Gasteiger partial charge is 0.264 e. The number of nitrogens with zero attached hydrogens (tertiary/aromatic N) is 1.